The second-order valence-corrected chi connectivity index (χ2v) is 21.1. The highest BCUT2D eigenvalue weighted by molar-refractivity contribution is 6.05. The van der Waals surface area contributed by atoms with Crippen molar-refractivity contribution in [3.63, 3.8) is 0 Å². The topological polar surface area (TPSA) is 274 Å². The van der Waals surface area contributed by atoms with Crippen molar-refractivity contribution >= 4 is 82.2 Å². The maximum atomic E-state index is 12.2. The summed E-state index contributed by atoms with van der Waals surface area (Å²) in [5, 5.41) is 10.7. The van der Waals surface area contributed by atoms with Gasteiger partial charge in [0.05, 0.1) is 11.1 Å². The van der Waals surface area contributed by atoms with Gasteiger partial charge in [0.1, 0.15) is 34.5 Å². The fraction of sp³-hybridized carbons (Fsp3) is 0.105. The van der Waals surface area contributed by atoms with Crippen LogP contribution in [-0.4, -0.2) is 59.4 Å². The molecule has 0 aromatic heterocycles. The third kappa shape index (κ3) is 26.2. The first-order chi connectivity index (χ1) is 45.3. The summed E-state index contributed by atoms with van der Waals surface area (Å²) in [6, 6.07) is 45.8. The van der Waals surface area contributed by atoms with Crippen LogP contribution in [0.2, 0.25) is 0 Å². The van der Waals surface area contributed by atoms with Gasteiger partial charge in [-0.25, -0.2) is 28.8 Å². The number of nitrogens with one attached hydrogen (secondary N) is 4. The van der Waals surface area contributed by atoms with Crippen LogP contribution in [0.1, 0.15) is 76.1 Å². The number of carbonyl (C=O) groups is 10. The van der Waals surface area contributed by atoms with Gasteiger partial charge < -0.3 is 49.7 Å². The summed E-state index contributed by atoms with van der Waals surface area (Å²) in [5.41, 5.74) is 7.79. The van der Waals surface area contributed by atoms with Crippen molar-refractivity contribution in [2.75, 3.05) is 21.3 Å². The van der Waals surface area contributed by atoms with E-state index in [-0.39, 0.29) is 34.8 Å². The van der Waals surface area contributed by atoms with Crippen molar-refractivity contribution < 1.29 is 76.4 Å². The maximum Gasteiger partial charge on any atom is 0.343 e. The molecule has 4 amide bonds. The zero-order valence-electron chi connectivity index (χ0n) is 54.4. The van der Waals surface area contributed by atoms with Crippen LogP contribution in [0.4, 0.5) is 22.7 Å². The summed E-state index contributed by atoms with van der Waals surface area (Å²) in [5.74, 6) is -2.12. The van der Waals surface area contributed by atoms with E-state index in [0.717, 1.165) is 11.1 Å². The number of amides is 4. The van der Waals surface area contributed by atoms with Gasteiger partial charge in [-0.2, -0.15) is 0 Å². The Labute approximate surface area is 556 Å². The molecule has 0 aliphatic heterocycles. The fourth-order valence-corrected chi connectivity index (χ4v) is 6.69. The highest BCUT2D eigenvalue weighted by Gasteiger charge is 2.15. The second-order valence-electron chi connectivity index (χ2n) is 21.1. The van der Waals surface area contributed by atoms with Gasteiger partial charge in [0.2, 0.25) is 0 Å². The lowest BCUT2D eigenvalue weighted by Gasteiger charge is -2.08. The van der Waals surface area contributed by atoms with Gasteiger partial charge in [0.25, 0.3) is 23.6 Å². The van der Waals surface area contributed by atoms with Crippen LogP contribution < -0.4 is 49.7 Å². The maximum absolute atomic E-state index is 12.2. The fourth-order valence-electron chi connectivity index (χ4n) is 6.69. The number of hydrogen-bond acceptors (Lipinski definition) is 16. The van der Waals surface area contributed by atoms with Crippen molar-refractivity contribution in [1.29, 1.82) is 0 Å². The van der Waals surface area contributed by atoms with Crippen LogP contribution in [0.5, 0.6) is 34.5 Å². The molecule has 0 saturated carbocycles. The lowest BCUT2D eigenvalue weighted by Crippen LogP contribution is -2.12. The van der Waals surface area contributed by atoms with Crippen LogP contribution in [-0.2, 0) is 38.4 Å². The first-order valence-corrected chi connectivity index (χ1v) is 28.8. The van der Waals surface area contributed by atoms with Gasteiger partial charge >= 0.3 is 35.8 Å². The van der Waals surface area contributed by atoms with Gasteiger partial charge in [0.15, 0.2) is 0 Å². The van der Waals surface area contributed by atoms with Crippen molar-refractivity contribution in [2.24, 2.45) is 0 Å². The molecule has 0 spiro atoms. The van der Waals surface area contributed by atoms with Crippen molar-refractivity contribution in [1.82, 2.24) is 0 Å². The molecule has 492 valence electrons. The van der Waals surface area contributed by atoms with Gasteiger partial charge in [-0.15, -0.1) is 0 Å². The molecule has 7 aromatic rings. The Kier molecular flexibility index (Phi) is 29.0. The summed E-state index contributed by atoms with van der Waals surface area (Å²) in [4.78, 5) is 116. The molecule has 7 aromatic carbocycles. The Morgan fingerprint density at radius 3 is 0.792 bits per heavy atom. The molecular weight excluding hydrogens is 1220 g/mol. The van der Waals surface area contributed by atoms with Gasteiger partial charge in [-0.1, -0.05) is 83.0 Å². The summed E-state index contributed by atoms with van der Waals surface area (Å²) < 4.78 is 30.9. The minimum Gasteiger partial charge on any atom is -0.423 e. The summed E-state index contributed by atoms with van der Waals surface area (Å²) in [6.45, 7) is 41.0. The van der Waals surface area contributed by atoms with Gasteiger partial charge in [-0.3, -0.25) is 19.2 Å². The number of ether oxygens (including phenoxy) is 6. The molecule has 0 bridgehead atoms. The Hall–Kier alpha value is -12.8. The SMILES string of the molecule is C=C(C)C(=O)Nc1ccc(-c2ccc(OC(=O)C(=C)C)cc2)cc1.C=C(C)C(=O)Nc1ccc(C(=O)Oc2ccc(OC(=O)C(=C)C)cc2)cc1.C=C(C)C(=O)Nc1ccc(OC(=O)c2ccc(OC(=O)C(=C)C)cc2)cc1.C=C(C)C(=O)Nc1cccc(OC(=O)C(=C)C)c1. The normalized spacial score (nSPS) is 9.79. The van der Waals surface area contributed by atoms with Crippen LogP contribution in [0.25, 0.3) is 11.1 Å². The second kappa shape index (κ2) is 36.9. The first-order valence-electron chi connectivity index (χ1n) is 28.8. The lowest BCUT2D eigenvalue weighted by molar-refractivity contribution is -0.130. The number of esters is 6. The monoisotopic (exact) mass is 1300 g/mol. The Bertz CT molecular complexity index is 3900. The van der Waals surface area contributed by atoms with Crippen molar-refractivity contribution in [3.8, 4) is 45.6 Å². The van der Waals surface area contributed by atoms with E-state index in [1.54, 1.807) is 140 Å². The van der Waals surface area contributed by atoms with Crippen LogP contribution in [0.3, 0.4) is 0 Å². The highest BCUT2D eigenvalue weighted by atomic mass is 16.6. The molecule has 0 unspecified atom stereocenters. The minimum atomic E-state index is -0.563. The lowest BCUT2D eigenvalue weighted by atomic mass is 10.1. The zero-order valence-corrected chi connectivity index (χ0v) is 54.4. The van der Waals surface area contributed by atoms with Gasteiger partial charge in [0, 0.05) is 73.4 Å². The molecule has 96 heavy (non-hydrogen) atoms. The Morgan fingerprint density at radius 2 is 0.479 bits per heavy atom. The van der Waals surface area contributed by atoms with E-state index in [9.17, 15) is 47.9 Å². The summed E-state index contributed by atoms with van der Waals surface area (Å²) in [6.07, 6.45) is 0. The smallest absolute Gasteiger partial charge is 0.343 e. The average Bonchev–Trinajstić information content (AvgIpc) is 1.02. The van der Waals surface area contributed by atoms with Crippen LogP contribution in [0.15, 0.2) is 267 Å². The van der Waals surface area contributed by atoms with E-state index in [0.29, 0.717) is 102 Å². The molecule has 0 aliphatic rings. The molecule has 0 saturated heterocycles. The van der Waals surface area contributed by atoms with E-state index in [2.05, 4.69) is 73.9 Å². The van der Waals surface area contributed by atoms with Crippen molar-refractivity contribution in [3.05, 3.63) is 278 Å². The third-order valence-corrected chi connectivity index (χ3v) is 12.0. The first kappa shape index (κ1) is 75.6. The number of hydrogen-bond donors (Lipinski definition) is 4. The molecule has 0 aliphatic carbocycles. The molecule has 7 rings (SSSR count). The molecule has 0 atom stereocenters. The summed E-state index contributed by atoms with van der Waals surface area (Å²) in [7, 11) is 0. The number of rotatable bonds is 21. The van der Waals surface area contributed by atoms with E-state index in [4.69, 9.17) is 28.4 Å². The molecule has 0 heterocycles. The predicted octanol–water partition coefficient (Wildman–Crippen LogP) is 14.8. The van der Waals surface area contributed by atoms with E-state index in [1.807, 2.05) is 36.4 Å². The molecule has 0 radical (unpaired) electrons. The number of anilines is 4. The average molecular weight is 1300 g/mol. The largest absolute Gasteiger partial charge is 0.423 e. The van der Waals surface area contributed by atoms with Crippen LogP contribution >= 0.6 is 0 Å². The summed E-state index contributed by atoms with van der Waals surface area (Å²) >= 11 is 0. The standard InChI is InChI=1S/2C21H19NO5.C20H19NO3.C14H15NO3/c1-13(2)19(23)22-16-7-11-18(12-8-16)27-21(25)15-5-9-17(10-6-15)26-20(24)14(3)4;1-13(2)19(23)22-16-7-5-15(6-8-16)21(25)27-18-11-9-17(10-12-18)26-20(24)14(3)4;1-13(2)19(22)21-17-9-5-15(6-10-17)16-7-11-18(12-8-16)24-20(23)14(3)4;1-9(2)13(16)15-11-6-5-7-12(8-11)18-14(17)10(3)4/h2*5-12H,1,3H2,2,4H3,(H,22,23);5-12H,1,3H2,2,4H3,(H,21,22);5-8H,1,3H2,2,4H3,(H,15,16). The Morgan fingerprint density at radius 1 is 0.250 bits per heavy atom. The zero-order chi connectivity index (χ0) is 71.3. The third-order valence-electron chi connectivity index (χ3n) is 12.0. The van der Waals surface area contributed by atoms with E-state index >= 15 is 0 Å². The highest BCUT2D eigenvalue weighted by Crippen LogP contribution is 2.26. The number of carbonyl (C=O) groups excluding carboxylic acids is 10. The molecule has 20 nitrogen and oxygen atoms in total. The van der Waals surface area contributed by atoms with Gasteiger partial charge in [-0.05, 0) is 200 Å². The molecular formula is C76H72N4O16. The molecule has 4 N–H and O–H groups in total. The quantitative estimate of drug-likeness (QED) is 0.0296. The predicted molar refractivity (Wildman–Crippen MR) is 370 cm³/mol. The van der Waals surface area contributed by atoms with E-state index < -0.39 is 35.8 Å². The molecule has 0 fully saturated rings. The molecule has 20 heteroatoms. The minimum absolute atomic E-state index is 0.202. The van der Waals surface area contributed by atoms with Crippen LogP contribution in [0, 0.1) is 0 Å². The Balaban J connectivity index is 0.000000275. The van der Waals surface area contributed by atoms with E-state index in [1.165, 1.54) is 48.5 Å². The number of benzene rings is 7. The van der Waals surface area contributed by atoms with Crippen molar-refractivity contribution in [2.45, 2.75) is 55.4 Å².